The Morgan fingerprint density at radius 2 is 1.62 bits per heavy atom. The zero-order valence-electron chi connectivity index (χ0n) is 18.1. The molecule has 3 aromatic carbocycles. The predicted octanol–water partition coefficient (Wildman–Crippen LogP) is 6.07. The molecule has 0 aliphatic carbocycles. The maximum absolute atomic E-state index is 13.1. The molecule has 0 saturated heterocycles. The van der Waals surface area contributed by atoms with E-state index < -0.39 is 4.92 Å². The molecular formula is C26H19ClN4O3. The standard InChI is InChI=1S/C26H19ClN4O3/c1-16(17-5-3-2-4-6-17)25-24(19-7-11-20(27)12-8-19)26-28-22(15-23(32)30(26)29-25)18-9-13-21(14-10-18)31(33)34/h2-16,29H,1H3. The Morgan fingerprint density at radius 3 is 2.26 bits per heavy atom. The molecule has 1 unspecified atom stereocenters. The van der Waals surface area contributed by atoms with Crippen molar-refractivity contribution in [2.45, 2.75) is 12.8 Å². The monoisotopic (exact) mass is 470 g/mol. The first-order chi connectivity index (χ1) is 16.4. The molecule has 0 radical (unpaired) electrons. The van der Waals surface area contributed by atoms with Crippen LogP contribution in [0.4, 0.5) is 5.69 Å². The minimum absolute atomic E-state index is 0.0241. The minimum atomic E-state index is -0.461. The molecule has 5 rings (SSSR count). The summed E-state index contributed by atoms with van der Waals surface area (Å²) in [6.45, 7) is 2.07. The smallest absolute Gasteiger partial charge is 0.273 e. The second-order valence-corrected chi connectivity index (χ2v) is 8.42. The van der Waals surface area contributed by atoms with Crippen LogP contribution in [0, 0.1) is 10.1 Å². The number of aromatic amines is 1. The van der Waals surface area contributed by atoms with Gasteiger partial charge in [-0.25, -0.2) is 9.50 Å². The largest absolute Gasteiger partial charge is 0.292 e. The van der Waals surface area contributed by atoms with Crippen molar-refractivity contribution in [3.63, 3.8) is 0 Å². The van der Waals surface area contributed by atoms with Gasteiger partial charge in [0.25, 0.3) is 11.2 Å². The molecular weight excluding hydrogens is 452 g/mol. The van der Waals surface area contributed by atoms with Gasteiger partial charge in [-0.2, -0.15) is 0 Å². The fraction of sp³-hybridized carbons (Fsp3) is 0.0769. The van der Waals surface area contributed by atoms with Crippen molar-refractivity contribution in [3.05, 3.63) is 122 Å². The van der Waals surface area contributed by atoms with E-state index in [0.717, 1.165) is 22.4 Å². The second kappa shape index (κ2) is 8.61. The van der Waals surface area contributed by atoms with Crippen molar-refractivity contribution in [1.29, 1.82) is 0 Å². The van der Waals surface area contributed by atoms with Gasteiger partial charge in [-0.1, -0.05) is 61.0 Å². The van der Waals surface area contributed by atoms with Gasteiger partial charge in [0.05, 0.1) is 16.3 Å². The maximum atomic E-state index is 13.1. The SMILES string of the molecule is CC(c1ccccc1)c1[nH]n2c(=O)cc(-c3ccc([N+](=O)[O-])cc3)nc2c1-c1ccc(Cl)cc1. The summed E-state index contributed by atoms with van der Waals surface area (Å²) in [6.07, 6.45) is 0. The van der Waals surface area contributed by atoms with Crippen LogP contribution in [0.2, 0.25) is 5.02 Å². The lowest BCUT2D eigenvalue weighted by molar-refractivity contribution is -0.384. The topological polar surface area (TPSA) is 93.3 Å². The number of fused-ring (bicyclic) bond motifs is 1. The number of non-ortho nitro benzene ring substituents is 1. The van der Waals surface area contributed by atoms with Gasteiger partial charge in [-0.05, 0) is 35.4 Å². The van der Waals surface area contributed by atoms with E-state index in [9.17, 15) is 14.9 Å². The molecule has 0 spiro atoms. The number of rotatable bonds is 5. The van der Waals surface area contributed by atoms with E-state index in [-0.39, 0.29) is 17.2 Å². The highest BCUT2D eigenvalue weighted by Crippen LogP contribution is 2.35. The lowest BCUT2D eigenvalue weighted by atomic mass is 9.92. The average Bonchev–Trinajstić information content (AvgIpc) is 3.25. The Bertz CT molecular complexity index is 1560. The highest BCUT2D eigenvalue weighted by Gasteiger charge is 2.22. The third-order valence-electron chi connectivity index (χ3n) is 5.88. The van der Waals surface area contributed by atoms with Gasteiger partial charge in [0, 0.05) is 40.3 Å². The fourth-order valence-electron chi connectivity index (χ4n) is 4.08. The van der Waals surface area contributed by atoms with Crippen LogP contribution in [-0.2, 0) is 0 Å². The number of nitrogens with one attached hydrogen (secondary N) is 1. The number of H-pyrrole nitrogens is 1. The van der Waals surface area contributed by atoms with Crippen LogP contribution in [0.15, 0.2) is 89.7 Å². The highest BCUT2D eigenvalue weighted by atomic mass is 35.5. The summed E-state index contributed by atoms with van der Waals surface area (Å²) in [6, 6.07) is 24.8. The first-order valence-corrected chi connectivity index (χ1v) is 11.0. The molecule has 1 atom stereocenters. The molecule has 8 heteroatoms. The summed E-state index contributed by atoms with van der Waals surface area (Å²) in [5, 5.41) is 14.9. The Morgan fingerprint density at radius 1 is 0.971 bits per heavy atom. The number of hydrogen-bond acceptors (Lipinski definition) is 4. The van der Waals surface area contributed by atoms with E-state index in [1.807, 2.05) is 42.5 Å². The van der Waals surface area contributed by atoms with Crippen molar-refractivity contribution >= 4 is 22.9 Å². The fourth-order valence-corrected chi connectivity index (χ4v) is 4.21. The number of nitrogens with zero attached hydrogens (tertiary/aromatic N) is 3. The minimum Gasteiger partial charge on any atom is -0.292 e. The molecule has 0 fully saturated rings. The molecule has 5 aromatic rings. The van der Waals surface area contributed by atoms with Crippen molar-refractivity contribution in [1.82, 2.24) is 14.6 Å². The lowest BCUT2D eigenvalue weighted by Gasteiger charge is -2.13. The van der Waals surface area contributed by atoms with Crippen LogP contribution >= 0.6 is 11.6 Å². The number of aromatic nitrogens is 3. The summed E-state index contributed by atoms with van der Waals surface area (Å²) in [5.41, 5.74) is 4.83. The summed E-state index contributed by atoms with van der Waals surface area (Å²) in [5.74, 6) is -0.0456. The number of benzene rings is 3. The van der Waals surface area contributed by atoms with E-state index >= 15 is 0 Å². The molecule has 7 nitrogen and oxygen atoms in total. The van der Waals surface area contributed by atoms with Gasteiger partial charge in [0.1, 0.15) is 0 Å². The highest BCUT2D eigenvalue weighted by molar-refractivity contribution is 6.30. The summed E-state index contributed by atoms with van der Waals surface area (Å²) in [4.78, 5) is 28.5. The van der Waals surface area contributed by atoms with Gasteiger partial charge >= 0.3 is 0 Å². The van der Waals surface area contributed by atoms with E-state index in [1.165, 1.54) is 22.7 Å². The Balaban J connectivity index is 1.75. The van der Waals surface area contributed by atoms with E-state index in [0.29, 0.717) is 21.9 Å². The van der Waals surface area contributed by atoms with Crippen molar-refractivity contribution in [3.8, 4) is 22.4 Å². The molecule has 1 N–H and O–H groups in total. The van der Waals surface area contributed by atoms with Crippen LogP contribution in [0.25, 0.3) is 28.0 Å². The number of nitro benzene ring substituents is 1. The van der Waals surface area contributed by atoms with Gasteiger partial charge in [0.2, 0.25) is 0 Å². The van der Waals surface area contributed by atoms with Crippen LogP contribution in [0.1, 0.15) is 24.1 Å². The Labute approximate surface area is 199 Å². The summed E-state index contributed by atoms with van der Waals surface area (Å²) in [7, 11) is 0. The molecule has 34 heavy (non-hydrogen) atoms. The molecule has 168 valence electrons. The molecule has 0 amide bonds. The number of nitro groups is 1. The quantitative estimate of drug-likeness (QED) is 0.249. The number of hydrogen-bond donors (Lipinski definition) is 1. The van der Waals surface area contributed by atoms with Gasteiger partial charge < -0.3 is 0 Å². The van der Waals surface area contributed by atoms with Crippen molar-refractivity contribution < 1.29 is 4.92 Å². The molecule has 0 bridgehead atoms. The Kier molecular flexibility index (Phi) is 5.47. The van der Waals surface area contributed by atoms with Gasteiger partial charge in [-0.3, -0.25) is 20.0 Å². The van der Waals surface area contributed by atoms with E-state index in [4.69, 9.17) is 16.6 Å². The van der Waals surface area contributed by atoms with Crippen molar-refractivity contribution in [2.24, 2.45) is 0 Å². The van der Waals surface area contributed by atoms with E-state index in [1.54, 1.807) is 24.3 Å². The van der Waals surface area contributed by atoms with Crippen LogP contribution in [0.5, 0.6) is 0 Å². The number of halogens is 1. The molecule has 0 aliphatic heterocycles. The second-order valence-electron chi connectivity index (χ2n) is 7.98. The summed E-state index contributed by atoms with van der Waals surface area (Å²) >= 11 is 6.13. The van der Waals surface area contributed by atoms with Crippen LogP contribution in [-0.4, -0.2) is 19.5 Å². The molecule has 0 aliphatic rings. The Hall–Kier alpha value is -4.23. The van der Waals surface area contributed by atoms with Crippen LogP contribution in [0.3, 0.4) is 0 Å². The average molecular weight is 471 g/mol. The molecule has 2 aromatic heterocycles. The maximum Gasteiger partial charge on any atom is 0.273 e. The lowest BCUT2D eigenvalue weighted by Crippen LogP contribution is -2.14. The summed E-state index contributed by atoms with van der Waals surface area (Å²) < 4.78 is 1.44. The molecule has 0 saturated carbocycles. The zero-order valence-corrected chi connectivity index (χ0v) is 18.9. The third-order valence-corrected chi connectivity index (χ3v) is 6.14. The predicted molar refractivity (Wildman–Crippen MR) is 132 cm³/mol. The normalized spacial score (nSPS) is 12.1. The van der Waals surface area contributed by atoms with Crippen molar-refractivity contribution in [2.75, 3.05) is 0 Å². The van der Waals surface area contributed by atoms with E-state index in [2.05, 4.69) is 12.0 Å². The van der Waals surface area contributed by atoms with Gasteiger partial charge in [0.15, 0.2) is 5.65 Å². The third kappa shape index (κ3) is 3.86. The zero-order chi connectivity index (χ0) is 23.8. The first kappa shape index (κ1) is 21.6. The first-order valence-electron chi connectivity index (χ1n) is 10.6. The molecule has 2 heterocycles. The van der Waals surface area contributed by atoms with Crippen LogP contribution < -0.4 is 5.56 Å². The van der Waals surface area contributed by atoms with Gasteiger partial charge in [-0.15, -0.1) is 0 Å².